The molecular formula is C14H11N4. The summed E-state index contributed by atoms with van der Waals surface area (Å²) in [6.45, 7) is 3.88. The van der Waals surface area contributed by atoms with E-state index in [0.29, 0.717) is 5.82 Å². The second kappa shape index (κ2) is 4.41. The lowest BCUT2D eigenvalue weighted by Crippen LogP contribution is -1.83. The molecule has 0 atom stereocenters. The average molecular weight is 235 g/mol. The minimum Gasteiger partial charge on any atom is -0.177 e. The predicted octanol–water partition coefficient (Wildman–Crippen LogP) is 2.72. The maximum Gasteiger partial charge on any atom is 0.204 e. The number of tetrazole rings is 1. The van der Waals surface area contributed by atoms with E-state index >= 15 is 0 Å². The van der Waals surface area contributed by atoms with Crippen LogP contribution in [-0.4, -0.2) is 20.6 Å². The first-order chi connectivity index (χ1) is 8.83. The molecule has 0 unspecified atom stereocenters. The fourth-order valence-corrected chi connectivity index (χ4v) is 1.82. The maximum atomic E-state index is 3.98. The second-order valence-electron chi connectivity index (χ2n) is 4.01. The van der Waals surface area contributed by atoms with Crippen molar-refractivity contribution in [3.8, 4) is 22.5 Å². The Kier molecular flexibility index (Phi) is 2.61. The summed E-state index contributed by atoms with van der Waals surface area (Å²) >= 11 is 0. The van der Waals surface area contributed by atoms with E-state index in [4.69, 9.17) is 0 Å². The topological polar surface area (TPSA) is 54.5 Å². The van der Waals surface area contributed by atoms with Gasteiger partial charge in [0.1, 0.15) is 0 Å². The molecule has 0 saturated heterocycles. The van der Waals surface area contributed by atoms with Crippen molar-refractivity contribution in [3.63, 3.8) is 0 Å². The van der Waals surface area contributed by atoms with Crippen LogP contribution in [-0.2, 0) is 0 Å². The number of hydrogen-bond acceptors (Lipinski definition) is 3. The lowest BCUT2D eigenvalue weighted by Gasteiger charge is -2.03. The summed E-state index contributed by atoms with van der Waals surface area (Å²) < 4.78 is 0. The maximum absolute atomic E-state index is 3.98. The van der Waals surface area contributed by atoms with Crippen LogP contribution in [0.2, 0.25) is 0 Å². The van der Waals surface area contributed by atoms with Crippen molar-refractivity contribution in [2.45, 2.75) is 0 Å². The first-order valence-corrected chi connectivity index (χ1v) is 5.59. The number of nitrogens with zero attached hydrogens (tertiary/aromatic N) is 3. The highest BCUT2D eigenvalue weighted by Gasteiger charge is 2.04. The Labute approximate surface area is 105 Å². The smallest absolute Gasteiger partial charge is 0.177 e. The first-order valence-electron chi connectivity index (χ1n) is 5.59. The highest BCUT2D eigenvalue weighted by atomic mass is 15.5. The van der Waals surface area contributed by atoms with Crippen molar-refractivity contribution in [3.05, 3.63) is 61.0 Å². The van der Waals surface area contributed by atoms with Gasteiger partial charge in [-0.05, 0) is 34.9 Å². The van der Waals surface area contributed by atoms with Crippen molar-refractivity contribution in [1.29, 1.82) is 0 Å². The SMILES string of the molecule is [CH2]c1ccc(-c2cccc(-c3nn[nH]n3)c2)cc1. The third-order valence-electron chi connectivity index (χ3n) is 2.75. The highest BCUT2D eigenvalue weighted by Crippen LogP contribution is 2.24. The van der Waals surface area contributed by atoms with Gasteiger partial charge >= 0.3 is 0 Å². The Morgan fingerprint density at radius 1 is 0.889 bits per heavy atom. The molecule has 87 valence electrons. The van der Waals surface area contributed by atoms with Crippen LogP contribution in [0.1, 0.15) is 5.56 Å². The molecule has 3 aromatic rings. The van der Waals surface area contributed by atoms with E-state index in [0.717, 1.165) is 22.3 Å². The lowest BCUT2D eigenvalue weighted by atomic mass is 10.0. The van der Waals surface area contributed by atoms with Crippen molar-refractivity contribution >= 4 is 0 Å². The zero-order chi connectivity index (χ0) is 12.4. The van der Waals surface area contributed by atoms with E-state index in [1.54, 1.807) is 0 Å². The molecule has 1 aromatic heterocycles. The van der Waals surface area contributed by atoms with Crippen LogP contribution in [0.15, 0.2) is 48.5 Å². The summed E-state index contributed by atoms with van der Waals surface area (Å²) in [4.78, 5) is 0. The van der Waals surface area contributed by atoms with Crippen LogP contribution in [0.4, 0.5) is 0 Å². The van der Waals surface area contributed by atoms with Crippen molar-refractivity contribution in [2.75, 3.05) is 0 Å². The van der Waals surface area contributed by atoms with Gasteiger partial charge in [0.05, 0.1) is 0 Å². The number of hydrogen-bond donors (Lipinski definition) is 1. The molecule has 0 spiro atoms. The minimum atomic E-state index is 0.602. The predicted molar refractivity (Wildman–Crippen MR) is 69.5 cm³/mol. The Balaban J connectivity index is 2.03. The summed E-state index contributed by atoms with van der Waals surface area (Å²) in [5.74, 6) is 0.602. The molecule has 1 radical (unpaired) electrons. The molecule has 0 saturated carbocycles. The molecule has 2 aromatic carbocycles. The van der Waals surface area contributed by atoms with Crippen LogP contribution < -0.4 is 0 Å². The van der Waals surface area contributed by atoms with E-state index in [1.807, 2.05) is 30.3 Å². The Hall–Kier alpha value is -2.49. The molecule has 0 fully saturated rings. The third kappa shape index (κ3) is 2.00. The van der Waals surface area contributed by atoms with E-state index in [9.17, 15) is 0 Å². The van der Waals surface area contributed by atoms with Crippen molar-refractivity contribution < 1.29 is 0 Å². The summed E-state index contributed by atoms with van der Waals surface area (Å²) in [5, 5.41) is 14.0. The summed E-state index contributed by atoms with van der Waals surface area (Å²) in [7, 11) is 0. The fraction of sp³-hybridized carbons (Fsp3) is 0. The van der Waals surface area contributed by atoms with Crippen molar-refractivity contribution in [2.24, 2.45) is 0 Å². The summed E-state index contributed by atoms with van der Waals surface area (Å²) in [6, 6.07) is 16.1. The number of H-pyrrole nitrogens is 1. The summed E-state index contributed by atoms with van der Waals surface area (Å²) in [5.41, 5.74) is 4.22. The summed E-state index contributed by atoms with van der Waals surface area (Å²) in [6.07, 6.45) is 0. The van der Waals surface area contributed by atoms with E-state index < -0.39 is 0 Å². The third-order valence-corrected chi connectivity index (χ3v) is 2.75. The van der Waals surface area contributed by atoms with Crippen molar-refractivity contribution in [1.82, 2.24) is 20.6 Å². The van der Waals surface area contributed by atoms with E-state index in [2.05, 4.69) is 45.7 Å². The fourth-order valence-electron chi connectivity index (χ4n) is 1.82. The molecule has 1 heterocycles. The van der Waals surface area contributed by atoms with Gasteiger partial charge in [0, 0.05) is 5.56 Å². The van der Waals surface area contributed by atoms with Gasteiger partial charge in [-0.25, -0.2) is 0 Å². The monoisotopic (exact) mass is 235 g/mol. The molecule has 0 bridgehead atoms. The van der Waals surface area contributed by atoms with Crippen LogP contribution in [0.25, 0.3) is 22.5 Å². The zero-order valence-electron chi connectivity index (χ0n) is 9.67. The number of aromatic amines is 1. The van der Waals surface area contributed by atoms with Gasteiger partial charge in [0.25, 0.3) is 0 Å². The number of nitrogens with one attached hydrogen (secondary N) is 1. The van der Waals surface area contributed by atoms with Crippen LogP contribution >= 0.6 is 0 Å². The van der Waals surface area contributed by atoms with Gasteiger partial charge < -0.3 is 0 Å². The molecular weight excluding hydrogens is 224 g/mol. The molecule has 1 N–H and O–H groups in total. The van der Waals surface area contributed by atoms with E-state index in [1.165, 1.54) is 0 Å². The number of rotatable bonds is 2. The van der Waals surface area contributed by atoms with E-state index in [-0.39, 0.29) is 0 Å². The quantitative estimate of drug-likeness (QED) is 0.743. The standard InChI is InChI=1S/C14H11N4/c1-10-5-7-11(8-6-10)12-3-2-4-13(9-12)14-15-17-18-16-14/h2-9H,1H2,(H,15,16,17,18). The van der Waals surface area contributed by atoms with Gasteiger partial charge in [-0.1, -0.05) is 42.5 Å². The molecule has 0 amide bonds. The Bertz CT molecular complexity index is 642. The highest BCUT2D eigenvalue weighted by molar-refractivity contribution is 5.70. The second-order valence-corrected chi connectivity index (χ2v) is 4.01. The molecule has 18 heavy (non-hydrogen) atoms. The molecule has 0 aliphatic carbocycles. The zero-order valence-corrected chi connectivity index (χ0v) is 9.67. The normalized spacial score (nSPS) is 10.5. The minimum absolute atomic E-state index is 0.602. The van der Waals surface area contributed by atoms with Gasteiger partial charge in [0.15, 0.2) is 0 Å². The number of benzene rings is 2. The Morgan fingerprint density at radius 3 is 2.39 bits per heavy atom. The lowest BCUT2D eigenvalue weighted by molar-refractivity contribution is 0.881. The molecule has 4 heteroatoms. The molecule has 0 aliphatic heterocycles. The van der Waals surface area contributed by atoms with Gasteiger partial charge in [-0.3, -0.25) is 0 Å². The first kappa shape index (κ1) is 10.7. The van der Waals surface area contributed by atoms with Crippen LogP contribution in [0, 0.1) is 6.92 Å². The van der Waals surface area contributed by atoms with Gasteiger partial charge in [-0.15, -0.1) is 10.2 Å². The Morgan fingerprint density at radius 2 is 1.67 bits per heavy atom. The average Bonchev–Trinajstić information content (AvgIpc) is 2.94. The van der Waals surface area contributed by atoms with Crippen LogP contribution in [0.3, 0.4) is 0 Å². The molecule has 0 aliphatic rings. The van der Waals surface area contributed by atoms with Gasteiger partial charge in [-0.2, -0.15) is 5.21 Å². The number of aromatic nitrogens is 4. The molecule has 3 rings (SSSR count). The van der Waals surface area contributed by atoms with Crippen LogP contribution in [0.5, 0.6) is 0 Å². The van der Waals surface area contributed by atoms with Gasteiger partial charge in [0.2, 0.25) is 5.82 Å². The largest absolute Gasteiger partial charge is 0.204 e. The molecule has 4 nitrogen and oxygen atoms in total.